The van der Waals surface area contributed by atoms with Crippen LogP contribution in [-0.4, -0.2) is 43.9 Å². The normalized spacial score (nSPS) is 12.3. The number of carbonyl (C=O) groups is 1. The molecule has 10 heteroatoms. The second-order valence-electron chi connectivity index (χ2n) is 6.95. The van der Waals surface area contributed by atoms with Crippen molar-refractivity contribution in [2.45, 2.75) is 26.3 Å². The summed E-state index contributed by atoms with van der Waals surface area (Å²) in [6.45, 7) is 3.67. The van der Waals surface area contributed by atoms with Crippen LogP contribution in [-0.2, 0) is 14.8 Å². The maximum Gasteiger partial charge on any atom is 0.250 e. The van der Waals surface area contributed by atoms with Crippen LogP contribution in [0.3, 0.4) is 0 Å². The third-order valence-corrected chi connectivity index (χ3v) is 6.68. The summed E-state index contributed by atoms with van der Waals surface area (Å²) >= 11 is 1.21. The number of benzene rings is 2. The summed E-state index contributed by atoms with van der Waals surface area (Å²) in [5.41, 5.74) is 2.27. The van der Waals surface area contributed by atoms with Crippen LogP contribution in [0.5, 0.6) is 5.75 Å². The third kappa shape index (κ3) is 5.39. The summed E-state index contributed by atoms with van der Waals surface area (Å²) in [6.07, 6.45) is 1.38. The van der Waals surface area contributed by atoms with Gasteiger partial charge in [-0.2, -0.15) is 0 Å². The van der Waals surface area contributed by atoms with E-state index >= 15 is 0 Å². The van der Waals surface area contributed by atoms with Crippen LogP contribution in [0, 0.1) is 6.92 Å². The molecule has 3 aromatic rings. The maximum atomic E-state index is 13.0. The van der Waals surface area contributed by atoms with Crippen LogP contribution in [0.4, 0.5) is 10.8 Å². The van der Waals surface area contributed by atoms with Crippen LogP contribution in [0.15, 0.2) is 48.5 Å². The molecule has 1 aromatic heterocycles. The van der Waals surface area contributed by atoms with Gasteiger partial charge >= 0.3 is 0 Å². The molecule has 0 aliphatic carbocycles. The maximum absolute atomic E-state index is 13.0. The quantitative estimate of drug-likeness (QED) is 0.550. The zero-order chi connectivity index (χ0) is 22.6. The fourth-order valence-electron chi connectivity index (χ4n) is 3.06. The topological polar surface area (TPSA) is 101 Å². The molecule has 164 valence electrons. The SMILES string of the molecule is CC[C@@H](C(=O)Nc1nnc(-c2ccc(OC)cc2)s1)N(c1ccc(C)cc1)S(C)(=O)=O. The van der Waals surface area contributed by atoms with Gasteiger partial charge < -0.3 is 4.74 Å². The summed E-state index contributed by atoms with van der Waals surface area (Å²) in [6, 6.07) is 13.4. The largest absolute Gasteiger partial charge is 0.497 e. The highest BCUT2D eigenvalue weighted by atomic mass is 32.2. The highest BCUT2D eigenvalue weighted by Crippen LogP contribution is 2.29. The number of sulfonamides is 1. The lowest BCUT2D eigenvalue weighted by Crippen LogP contribution is -2.47. The number of aryl methyl sites for hydroxylation is 1. The van der Waals surface area contributed by atoms with E-state index in [9.17, 15) is 13.2 Å². The van der Waals surface area contributed by atoms with Crippen LogP contribution >= 0.6 is 11.3 Å². The number of aromatic nitrogens is 2. The van der Waals surface area contributed by atoms with Crippen molar-refractivity contribution in [1.29, 1.82) is 0 Å². The smallest absolute Gasteiger partial charge is 0.250 e. The van der Waals surface area contributed by atoms with Crippen molar-refractivity contribution in [3.63, 3.8) is 0 Å². The number of nitrogens with zero attached hydrogens (tertiary/aromatic N) is 3. The number of rotatable bonds is 8. The molecule has 1 amide bonds. The van der Waals surface area contributed by atoms with E-state index in [0.717, 1.165) is 27.4 Å². The molecule has 3 rings (SSSR count). The summed E-state index contributed by atoms with van der Waals surface area (Å²) in [5, 5.41) is 11.8. The van der Waals surface area contributed by atoms with Gasteiger partial charge in [-0.05, 0) is 49.7 Å². The summed E-state index contributed by atoms with van der Waals surface area (Å²) in [4.78, 5) is 13.0. The minimum Gasteiger partial charge on any atom is -0.497 e. The second-order valence-corrected chi connectivity index (χ2v) is 9.79. The molecule has 1 atom stereocenters. The third-order valence-electron chi connectivity index (χ3n) is 4.61. The zero-order valence-corrected chi connectivity index (χ0v) is 19.3. The number of amides is 1. The van der Waals surface area contributed by atoms with E-state index in [2.05, 4.69) is 15.5 Å². The van der Waals surface area contributed by atoms with E-state index in [0.29, 0.717) is 15.8 Å². The van der Waals surface area contributed by atoms with E-state index in [1.807, 2.05) is 43.3 Å². The molecule has 0 radical (unpaired) electrons. The Kier molecular flexibility index (Phi) is 6.91. The molecule has 0 aliphatic rings. The number of nitrogens with one attached hydrogen (secondary N) is 1. The van der Waals surface area contributed by atoms with Crippen LogP contribution in [0.2, 0.25) is 0 Å². The molecule has 31 heavy (non-hydrogen) atoms. The Morgan fingerprint density at radius 2 is 1.77 bits per heavy atom. The Balaban J connectivity index is 1.82. The number of anilines is 2. The minimum absolute atomic E-state index is 0.289. The van der Waals surface area contributed by atoms with Crippen molar-refractivity contribution in [3.8, 4) is 16.3 Å². The molecule has 1 N–H and O–H groups in total. The van der Waals surface area contributed by atoms with E-state index in [1.165, 1.54) is 11.3 Å². The van der Waals surface area contributed by atoms with Gasteiger partial charge in [-0.25, -0.2) is 8.42 Å². The fraction of sp³-hybridized carbons (Fsp3) is 0.286. The Hall–Kier alpha value is -2.98. The first-order chi connectivity index (χ1) is 14.7. The van der Waals surface area contributed by atoms with Crippen molar-refractivity contribution in [2.75, 3.05) is 23.0 Å². The van der Waals surface area contributed by atoms with Crippen molar-refractivity contribution in [1.82, 2.24) is 10.2 Å². The number of carbonyl (C=O) groups excluding carboxylic acids is 1. The first-order valence-corrected chi connectivity index (χ1v) is 12.2. The minimum atomic E-state index is -3.70. The van der Waals surface area contributed by atoms with Crippen molar-refractivity contribution < 1.29 is 17.9 Å². The molecule has 8 nitrogen and oxygen atoms in total. The lowest BCUT2D eigenvalue weighted by atomic mass is 10.1. The fourth-order valence-corrected chi connectivity index (χ4v) is 5.03. The molecule has 0 saturated heterocycles. The number of ether oxygens (including phenoxy) is 1. The van der Waals surface area contributed by atoms with Gasteiger partial charge in [-0.15, -0.1) is 10.2 Å². The average Bonchev–Trinajstić information content (AvgIpc) is 3.20. The van der Waals surface area contributed by atoms with Crippen LogP contribution < -0.4 is 14.4 Å². The van der Waals surface area contributed by atoms with Gasteiger partial charge in [0.25, 0.3) is 0 Å². The molecule has 0 fully saturated rings. The predicted octanol–water partition coefficient (Wildman–Crippen LogP) is 3.71. The Bertz CT molecular complexity index is 1140. The van der Waals surface area contributed by atoms with Crippen LogP contribution in [0.1, 0.15) is 18.9 Å². The lowest BCUT2D eigenvalue weighted by molar-refractivity contribution is -0.117. The van der Waals surface area contributed by atoms with Gasteiger partial charge in [-0.1, -0.05) is 36.0 Å². The molecule has 0 saturated carbocycles. The van der Waals surface area contributed by atoms with E-state index in [4.69, 9.17) is 4.74 Å². The van der Waals surface area contributed by atoms with Gasteiger partial charge in [0.15, 0.2) is 0 Å². The van der Waals surface area contributed by atoms with Crippen molar-refractivity contribution in [3.05, 3.63) is 54.1 Å². The molecule has 0 unspecified atom stereocenters. The number of hydrogen-bond acceptors (Lipinski definition) is 7. The highest BCUT2D eigenvalue weighted by Gasteiger charge is 2.32. The second kappa shape index (κ2) is 9.44. The standard InChI is InChI=1S/C21H24N4O4S2/c1-5-18(25(31(4,27)28)16-10-6-14(2)7-11-16)19(26)22-21-24-23-20(30-21)15-8-12-17(29-3)13-9-15/h6-13,18H,5H2,1-4H3,(H,22,24,26)/t18-/m0/s1. The monoisotopic (exact) mass is 460 g/mol. The van der Waals surface area contributed by atoms with E-state index in [-0.39, 0.29) is 6.42 Å². The van der Waals surface area contributed by atoms with Crippen molar-refractivity contribution in [2.24, 2.45) is 0 Å². The van der Waals surface area contributed by atoms with Gasteiger partial charge in [0.1, 0.15) is 16.8 Å². The summed E-state index contributed by atoms with van der Waals surface area (Å²) in [7, 11) is -2.10. The van der Waals surface area contributed by atoms with E-state index in [1.54, 1.807) is 26.2 Å². The zero-order valence-electron chi connectivity index (χ0n) is 17.7. The first kappa shape index (κ1) is 22.7. The highest BCUT2D eigenvalue weighted by molar-refractivity contribution is 7.92. The Morgan fingerprint density at radius 3 is 2.32 bits per heavy atom. The lowest BCUT2D eigenvalue weighted by Gasteiger charge is -2.29. The van der Waals surface area contributed by atoms with Crippen LogP contribution in [0.25, 0.3) is 10.6 Å². The summed E-state index contributed by atoms with van der Waals surface area (Å²) < 4.78 is 31.3. The van der Waals surface area contributed by atoms with Gasteiger partial charge in [0.2, 0.25) is 21.1 Å². The van der Waals surface area contributed by atoms with Crippen molar-refractivity contribution >= 4 is 38.1 Å². The molecule has 0 aliphatic heterocycles. The van der Waals surface area contributed by atoms with E-state index < -0.39 is 22.0 Å². The number of hydrogen-bond donors (Lipinski definition) is 1. The Labute approximate surface area is 185 Å². The Morgan fingerprint density at radius 1 is 1.13 bits per heavy atom. The summed E-state index contributed by atoms with van der Waals surface area (Å²) in [5.74, 6) is 0.260. The predicted molar refractivity (Wildman–Crippen MR) is 123 cm³/mol. The average molecular weight is 461 g/mol. The molecule has 1 heterocycles. The van der Waals surface area contributed by atoms with Gasteiger partial charge in [0, 0.05) is 5.56 Å². The first-order valence-electron chi connectivity index (χ1n) is 9.57. The molecular formula is C21H24N4O4S2. The molecular weight excluding hydrogens is 436 g/mol. The molecule has 0 bridgehead atoms. The molecule has 0 spiro atoms. The number of methoxy groups -OCH3 is 1. The van der Waals surface area contributed by atoms with Gasteiger partial charge in [0.05, 0.1) is 19.1 Å². The van der Waals surface area contributed by atoms with Gasteiger partial charge in [-0.3, -0.25) is 14.4 Å². The molecule has 2 aromatic carbocycles.